The molecule has 1 amide bonds. The third-order valence-corrected chi connectivity index (χ3v) is 7.18. The van der Waals surface area contributed by atoms with Crippen molar-refractivity contribution >= 4 is 17.4 Å². The number of aliphatic hydroxyl groups excluding tert-OH is 1. The van der Waals surface area contributed by atoms with Crippen molar-refractivity contribution in [2.75, 3.05) is 0 Å². The average molecular weight is 533 g/mol. The first-order valence-corrected chi connectivity index (χ1v) is 13.4. The van der Waals surface area contributed by atoms with Gasteiger partial charge >= 0.3 is 0 Å². The molecule has 1 aromatic heterocycles. The van der Waals surface area contributed by atoms with E-state index < -0.39 is 17.7 Å². The maximum atomic E-state index is 13.4. The van der Waals surface area contributed by atoms with Crippen molar-refractivity contribution in [3.05, 3.63) is 136 Å². The van der Waals surface area contributed by atoms with E-state index in [2.05, 4.69) is 24.9 Å². The fraction of sp³-hybridized carbons (Fsp3) is 0.206. The summed E-state index contributed by atoms with van der Waals surface area (Å²) in [4.78, 5) is 32.3. The molecule has 40 heavy (non-hydrogen) atoms. The number of amides is 1. The Hall–Kier alpha value is -4.71. The second-order valence-corrected chi connectivity index (χ2v) is 10.4. The highest BCUT2D eigenvalue weighted by atomic mass is 16.5. The Balaban J connectivity index is 1.48. The highest BCUT2D eigenvalue weighted by Gasteiger charge is 2.46. The van der Waals surface area contributed by atoms with Crippen LogP contribution < -0.4 is 4.74 Å². The molecule has 202 valence electrons. The molecule has 0 spiro atoms. The molecular weight excluding hydrogens is 500 g/mol. The lowest BCUT2D eigenvalue weighted by molar-refractivity contribution is -0.140. The molecule has 3 aromatic carbocycles. The maximum Gasteiger partial charge on any atom is 0.295 e. The van der Waals surface area contributed by atoms with E-state index in [0.29, 0.717) is 23.8 Å². The first kappa shape index (κ1) is 26.9. The number of hydrogen-bond donors (Lipinski definition) is 1. The number of Topliss-reactive ketones (excluding diaryl/α,β-unsaturated/α-hetero) is 1. The SMILES string of the molecule is Cc1cccc(COc2ccc(C(O)=C3C(=O)C(=O)N(Cc4ccncc4)[C@H]3c3ccc(C(C)C)cc3)cc2)c1. The van der Waals surface area contributed by atoms with Gasteiger partial charge in [0.2, 0.25) is 0 Å². The summed E-state index contributed by atoms with van der Waals surface area (Å²) in [5.74, 6) is -0.585. The number of rotatable bonds is 8. The highest BCUT2D eigenvalue weighted by molar-refractivity contribution is 6.46. The third-order valence-electron chi connectivity index (χ3n) is 7.18. The van der Waals surface area contributed by atoms with Crippen LogP contribution in [0.5, 0.6) is 5.75 Å². The fourth-order valence-electron chi connectivity index (χ4n) is 4.97. The van der Waals surface area contributed by atoms with Crippen LogP contribution in [-0.2, 0) is 22.7 Å². The Bertz CT molecular complexity index is 1540. The summed E-state index contributed by atoms with van der Waals surface area (Å²) in [6.45, 7) is 6.89. The molecule has 0 aliphatic carbocycles. The molecule has 0 unspecified atom stereocenters. The first-order chi connectivity index (χ1) is 19.3. The molecule has 1 aliphatic heterocycles. The van der Waals surface area contributed by atoms with Crippen molar-refractivity contribution in [2.45, 2.75) is 45.9 Å². The molecule has 0 bridgehead atoms. The topological polar surface area (TPSA) is 79.7 Å². The lowest BCUT2D eigenvalue weighted by Crippen LogP contribution is -2.29. The van der Waals surface area contributed by atoms with Gasteiger partial charge < -0.3 is 14.7 Å². The quantitative estimate of drug-likeness (QED) is 0.155. The zero-order valence-electron chi connectivity index (χ0n) is 22.9. The monoisotopic (exact) mass is 532 g/mol. The van der Waals surface area contributed by atoms with E-state index in [-0.39, 0.29) is 17.9 Å². The number of benzene rings is 3. The number of likely N-dealkylation sites (tertiary alicyclic amines) is 1. The summed E-state index contributed by atoms with van der Waals surface area (Å²) in [7, 11) is 0. The lowest BCUT2D eigenvalue weighted by atomic mass is 9.93. The minimum atomic E-state index is -0.730. The number of pyridine rings is 1. The van der Waals surface area contributed by atoms with Gasteiger partial charge in [0, 0.05) is 24.5 Å². The smallest absolute Gasteiger partial charge is 0.295 e. The Morgan fingerprint density at radius 3 is 2.27 bits per heavy atom. The summed E-state index contributed by atoms with van der Waals surface area (Å²) in [6.07, 6.45) is 3.31. The van der Waals surface area contributed by atoms with Gasteiger partial charge in [-0.05, 0) is 71.5 Å². The van der Waals surface area contributed by atoms with Crippen LogP contribution in [-0.4, -0.2) is 26.7 Å². The molecule has 2 heterocycles. The Morgan fingerprint density at radius 2 is 1.62 bits per heavy atom. The van der Waals surface area contributed by atoms with Crippen LogP contribution in [0, 0.1) is 6.92 Å². The number of carbonyl (C=O) groups is 2. The number of carbonyl (C=O) groups excluding carboxylic acids is 2. The van der Waals surface area contributed by atoms with Crippen molar-refractivity contribution < 1.29 is 19.4 Å². The molecule has 5 rings (SSSR count). The van der Waals surface area contributed by atoms with Gasteiger partial charge in [0.15, 0.2) is 0 Å². The number of aliphatic hydroxyl groups is 1. The van der Waals surface area contributed by atoms with Crippen LogP contribution in [0.1, 0.15) is 59.2 Å². The molecule has 6 heteroatoms. The van der Waals surface area contributed by atoms with Crippen molar-refractivity contribution in [1.29, 1.82) is 0 Å². The van der Waals surface area contributed by atoms with Gasteiger partial charge in [-0.3, -0.25) is 14.6 Å². The number of nitrogens with zero attached hydrogens (tertiary/aromatic N) is 2. The van der Waals surface area contributed by atoms with E-state index in [9.17, 15) is 14.7 Å². The Morgan fingerprint density at radius 1 is 0.925 bits per heavy atom. The van der Waals surface area contributed by atoms with E-state index in [1.807, 2.05) is 61.5 Å². The zero-order chi connectivity index (χ0) is 28.2. The molecule has 4 aromatic rings. The molecule has 1 N–H and O–H groups in total. The molecule has 0 radical (unpaired) electrons. The van der Waals surface area contributed by atoms with E-state index in [1.54, 1.807) is 36.7 Å². The molecular formula is C34H32N2O4. The van der Waals surface area contributed by atoms with Gasteiger partial charge in [-0.2, -0.15) is 0 Å². The minimum absolute atomic E-state index is 0.0739. The molecule has 1 saturated heterocycles. The fourth-order valence-corrected chi connectivity index (χ4v) is 4.97. The summed E-state index contributed by atoms with van der Waals surface area (Å²) in [5, 5.41) is 11.4. The summed E-state index contributed by atoms with van der Waals surface area (Å²) in [5.41, 5.74) is 5.49. The normalized spacial score (nSPS) is 16.5. The van der Waals surface area contributed by atoms with Gasteiger partial charge in [-0.1, -0.05) is 67.9 Å². The van der Waals surface area contributed by atoms with Gasteiger partial charge in [0.05, 0.1) is 11.6 Å². The molecule has 6 nitrogen and oxygen atoms in total. The van der Waals surface area contributed by atoms with Gasteiger partial charge in [0.25, 0.3) is 11.7 Å². The third kappa shape index (κ3) is 5.66. The lowest BCUT2D eigenvalue weighted by Gasteiger charge is -2.25. The Kier molecular flexibility index (Phi) is 7.78. The van der Waals surface area contributed by atoms with E-state index in [4.69, 9.17) is 4.74 Å². The van der Waals surface area contributed by atoms with Crippen LogP contribution in [0.2, 0.25) is 0 Å². The molecule has 1 fully saturated rings. The minimum Gasteiger partial charge on any atom is -0.507 e. The van der Waals surface area contributed by atoms with Crippen LogP contribution in [0.3, 0.4) is 0 Å². The maximum absolute atomic E-state index is 13.4. The number of ether oxygens (including phenoxy) is 1. The van der Waals surface area contributed by atoms with Gasteiger partial charge in [-0.25, -0.2) is 0 Å². The van der Waals surface area contributed by atoms with Crippen molar-refractivity contribution in [1.82, 2.24) is 9.88 Å². The van der Waals surface area contributed by atoms with Crippen LogP contribution in [0.4, 0.5) is 0 Å². The standard InChI is InChI=1S/C34H32N2O4/c1-22(2)26-7-9-27(10-8-26)31-30(33(38)34(39)36(31)20-24-15-17-35-18-16-24)32(37)28-11-13-29(14-12-28)40-21-25-6-4-5-23(3)19-25/h4-19,22,31,37H,20-21H2,1-3H3/t31-/m0/s1. The van der Waals surface area contributed by atoms with Crippen molar-refractivity contribution in [3.63, 3.8) is 0 Å². The van der Waals surface area contributed by atoms with Crippen molar-refractivity contribution in [3.8, 4) is 5.75 Å². The summed E-state index contributed by atoms with van der Waals surface area (Å²) in [6, 6.07) is 25.8. The molecule has 1 atom stereocenters. The predicted molar refractivity (Wildman–Crippen MR) is 155 cm³/mol. The molecule has 0 saturated carbocycles. The van der Waals surface area contributed by atoms with Gasteiger partial charge in [0.1, 0.15) is 18.1 Å². The van der Waals surface area contributed by atoms with Crippen LogP contribution in [0.15, 0.2) is 103 Å². The second-order valence-electron chi connectivity index (χ2n) is 10.4. The van der Waals surface area contributed by atoms with Crippen LogP contribution >= 0.6 is 0 Å². The Labute approximate surface area is 234 Å². The zero-order valence-corrected chi connectivity index (χ0v) is 22.9. The van der Waals surface area contributed by atoms with E-state index in [1.165, 1.54) is 4.90 Å². The summed E-state index contributed by atoms with van der Waals surface area (Å²) >= 11 is 0. The molecule has 1 aliphatic rings. The second kappa shape index (κ2) is 11.6. The van der Waals surface area contributed by atoms with E-state index >= 15 is 0 Å². The number of ketones is 1. The number of hydrogen-bond acceptors (Lipinski definition) is 5. The van der Waals surface area contributed by atoms with Gasteiger partial charge in [-0.15, -0.1) is 0 Å². The average Bonchev–Trinajstić information content (AvgIpc) is 3.21. The summed E-state index contributed by atoms with van der Waals surface area (Å²) < 4.78 is 5.92. The van der Waals surface area contributed by atoms with Crippen molar-refractivity contribution in [2.24, 2.45) is 0 Å². The predicted octanol–water partition coefficient (Wildman–Crippen LogP) is 6.71. The van der Waals surface area contributed by atoms with Crippen LogP contribution in [0.25, 0.3) is 5.76 Å². The highest BCUT2D eigenvalue weighted by Crippen LogP contribution is 2.40. The number of aryl methyl sites for hydroxylation is 1. The van der Waals surface area contributed by atoms with E-state index in [0.717, 1.165) is 27.8 Å². The first-order valence-electron chi connectivity index (χ1n) is 13.4. The number of aromatic nitrogens is 1. The largest absolute Gasteiger partial charge is 0.507 e.